The van der Waals surface area contributed by atoms with Gasteiger partial charge in [-0.15, -0.1) is 0 Å². The third kappa shape index (κ3) is 2.60. The molecule has 0 atom stereocenters. The van der Waals surface area contributed by atoms with Gasteiger partial charge in [0.2, 0.25) is 10.0 Å². The van der Waals surface area contributed by atoms with Gasteiger partial charge in [-0.1, -0.05) is 0 Å². The van der Waals surface area contributed by atoms with E-state index in [-0.39, 0.29) is 17.4 Å². The minimum Gasteiger partial charge on any atom is -0.459 e. The Balaban J connectivity index is 1.58. The second kappa shape index (κ2) is 4.60. The quantitative estimate of drug-likeness (QED) is 0.896. The first-order valence-electron chi connectivity index (χ1n) is 6.67. The number of likely N-dealkylation sites (tertiary alicyclic amines) is 1. The molecule has 6 nitrogen and oxygen atoms in total. The van der Waals surface area contributed by atoms with Crippen molar-refractivity contribution >= 4 is 15.9 Å². The molecular formula is C13H18N2O4S. The van der Waals surface area contributed by atoms with Gasteiger partial charge in [-0.3, -0.25) is 4.79 Å². The van der Waals surface area contributed by atoms with Crippen molar-refractivity contribution in [2.45, 2.75) is 25.3 Å². The average molecular weight is 298 g/mol. The lowest BCUT2D eigenvalue weighted by molar-refractivity contribution is 0.0661. The van der Waals surface area contributed by atoms with Crippen molar-refractivity contribution in [3.63, 3.8) is 0 Å². The number of sulfonamides is 1. The molecule has 7 heteroatoms. The summed E-state index contributed by atoms with van der Waals surface area (Å²) >= 11 is 0. The second-order valence-corrected chi connectivity index (χ2v) is 7.73. The van der Waals surface area contributed by atoms with Crippen LogP contribution in [0.3, 0.4) is 0 Å². The molecule has 1 aromatic rings. The minimum absolute atomic E-state index is 0.0173. The molecule has 2 heterocycles. The van der Waals surface area contributed by atoms with Gasteiger partial charge in [-0.25, -0.2) is 13.1 Å². The fourth-order valence-electron chi connectivity index (χ4n) is 3.37. The summed E-state index contributed by atoms with van der Waals surface area (Å²) in [6.45, 7) is 1.40. The predicted octanol–water partition coefficient (Wildman–Crippen LogP) is 0.823. The second-order valence-electron chi connectivity index (χ2n) is 5.95. The number of carbonyl (C=O) groups excluding carboxylic acids is 1. The average Bonchev–Trinajstić information content (AvgIpc) is 2.93. The lowest BCUT2D eigenvalue weighted by Gasteiger charge is -2.44. The fourth-order valence-corrected chi connectivity index (χ4v) is 4.14. The normalized spacial score (nSPS) is 29.6. The number of rotatable bonds is 3. The van der Waals surface area contributed by atoms with E-state index in [0.717, 1.165) is 19.3 Å². The van der Waals surface area contributed by atoms with E-state index in [9.17, 15) is 13.2 Å². The summed E-state index contributed by atoms with van der Waals surface area (Å²) in [7, 11) is -3.14. The zero-order chi connectivity index (χ0) is 14.4. The van der Waals surface area contributed by atoms with Gasteiger partial charge in [0.1, 0.15) is 0 Å². The fraction of sp³-hybridized carbons (Fsp3) is 0.615. The molecule has 110 valence electrons. The van der Waals surface area contributed by atoms with Crippen LogP contribution in [0.1, 0.15) is 29.8 Å². The lowest BCUT2D eigenvalue weighted by Crippen LogP contribution is -2.51. The molecule has 1 N–H and O–H groups in total. The number of amides is 1. The Morgan fingerprint density at radius 2 is 2.25 bits per heavy atom. The molecule has 0 unspecified atom stereocenters. The zero-order valence-electron chi connectivity index (χ0n) is 11.3. The number of carbonyl (C=O) groups is 1. The SMILES string of the molecule is CS(=O)(=O)NC1CC2(CCN(C(=O)c3ccco3)C2)C1. The van der Waals surface area contributed by atoms with Gasteiger partial charge in [0.05, 0.1) is 12.5 Å². The van der Waals surface area contributed by atoms with Gasteiger partial charge >= 0.3 is 0 Å². The van der Waals surface area contributed by atoms with Crippen LogP contribution in [0.2, 0.25) is 0 Å². The summed E-state index contributed by atoms with van der Waals surface area (Å²) in [6.07, 6.45) is 5.22. The number of nitrogens with one attached hydrogen (secondary N) is 1. The van der Waals surface area contributed by atoms with Crippen LogP contribution in [0.25, 0.3) is 0 Å². The largest absolute Gasteiger partial charge is 0.459 e. The van der Waals surface area contributed by atoms with Crippen molar-refractivity contribution in [1.82, 2.24) is 9.62 Å². The van der Waals surface area contributed by atoms with Crippen molar-refractivity contribution in [2.75, 3.05) is 19.3 Å². The minimum atomic E-state index is -3.14. The monoisotopic (exact) mass is 298 g/mol. The zero-order valence-corrected chi connectivity index (χ0v) is 12.1. The first-order valence-corrected chi connectivity index (χ1v) is 8.56. The molecule has 2 aliphatic rings. The van der Waals surface area contributed by atoms with Gasteiger partial charge in [-0.2, -0.15) is 0 Å². The topological polar surface area (TPSA) is 79.6 Å². The molecule has 1 aliphatic heterocycles. The molecule has 1 spiro atoms. The number of nitrogens with zero attached hydrogens (tertiary/aromatic N) is 1. The maximum Gasteiger partial charge on any atom is 0.289 e. The van der Waals surface area contributed by atoms with E-state index < -0.39 is 10.0 Å². The third-order valence-electron chi connectivity index (χ3n) is 4.20. The maximum absolute atomic E-state index is 12.2. The van der Waals surface area contributed by atoms with Gasteiger partial charge in [0, 0.05) is 19.1 Å². The highest BCUT2D eigenvalue weighted by Gasteiger charge is 2.50. The molecule has 0 aromatic carbocycles. The van der Waals surface area contributed by atoms with Crippen LogP contribution in [0.15, 0.2) is 22.8 Å². The molecule has 1 aliphatic carbocycles. The molecule has 1 aromatic heterocycles. The summed E-state index contributed by atoms with van der Waals surface area (Å²) in [5.41, 5.74) is 0.0879. The first kappa shape index (κ1) is 13.6. The van der Waals surface area contributed by atoms with E-state index in [1.807, 2.05) is 0 Å². The van der Waals surface area contributed by atoms with E-state index >= 15 is 0 Å². The van der Waals surface area contributed by atoms with Gasteiger partial charge in [0.25, 0.3) is 5.91 Å². The molecule has 2 fully saturated rings. The Bertz CT molecular complexity index is 602. The first-order chi connectivity index (χ1) is 9.37. The van der Waals surface area contributed by atoms with Crippen molar-refractivity contribution in [3.8, 4) is 0 Å². The molecule has 3 rings (SSSR count). The highest BCUT2D eigenvalue weighted by Crippen LogP contribution is 2.48. The Labute approximate surface area is 118 Å². The standard InChI is InChI=1S/C13H18N2O4S/c1-20(17,18)14-10-7-13(8-10)4-5-15(9-13)12(16)11-3-2-6-19-11/h2-3,6,10,14H,4-5,7-9H2,1H3. The Kier molecular flexibility index (Phi) is 3.13. The van der Waals surface area contributed by atoms with Crippen LogP contribution < -0.4 is 4.72 Å². The van der Waals surface area contributed by atoms with Gasteiger partial charge in [0.15, 0.2) is 5.76 Å². The van der Waals surface area contributed by atoms with Crippen LogP contribution in [0.4, 0.5) is 0 Å². The highest BCUT2D eigenvalue weighted by molar-refractivity contribution is 7.88. The third-order valence-corrected chi connectivity index (χ3v) is 4.96. The van der Waals surface area contributed by atoms with Crippen molar-refractivity contribution in [1.29, 1.82) is 0 Å². The summed E-state index contributed by atoms with van der Waals surface area (Å²) in [6, 6.07) is 3.39. The smallest absolute Gasteiger partial charge is 0.289 e. The van der Waals surface area contributed by atoms with Crippen LogP contribution in [-0.2, 0) is 10.0 Å². The van der Waals surface area contributed by atoms with E-state index in [0.29, 0.717) is 18.8 Å². The molecule has 0 bridgehead atoms. The molecule has 0 radical (unpaired) electrons. The van der Waals surface area contributed by atoms with Gasteiger partial charge in [-0.05, 0) is 36.8 Å². The Morgan fingerprint density at radius 1 is 1.50 bits per heavy atom. The van der Waals surface area contributed by atoms with Crippen LogP contribution in [0, 0.1) is 5.41 Å². The number of hydrogen-bond donors (Lipinski definition) is 1. The van der Waals surface area contributed by atoms with E-state index in [4.69, 9.17) is 4.42 Å². The number of hydrogen-bond acceptors (Lipinski definition) is 4. The summed E-state index contributed by atoms with van der Waals surface area (Å²) in [4.78, 5) is 14.0. The highest BCUT2D eigenvalue weighted by atomic mass is 32.2. The lowest BCUT2D eigenvalue weighted by atomic mass is 9.65. The number of furan rings is 1. The summed E-state index contributed by atoms with van der Waals surface area (Å²) in [5.74, 6) is 0.290. The van der Waals surface area contributed by atoms with Crippen molar-refractivity contribution in [2.24, 2.45) is 5.41 Å². The van der Waals surface area contributed by atoms with Crippen molar-refractivity contribution in [3.05, 3.63) is 24.2 Å². The molecule has 1 saturated heterocycles. The van der Waals surface area contributed by atoms with E-state index in [1.54, 1.807) is 17.0 Å². The van der Waals surface area contributed by atoms with Crippen molar-refractivity contribution < 1.29 is 17.6 Å². The summed E-state index contributed by atoms with van der Waals surface area (Å²) in [5, 5.41) is 0. The van der Waals surface area contributed by atoms with Crippen LogP contribution in [0.5, 0.6) is 0 Å². The van der Waals surface area contributed by atoms with Crippen LogP contribution in [-0.4, -0.2) is 44.6 Å². The predicted molar refractivity (Wildman–Crippen MR) is 72.7 cm³/mol. The van der Waals surface area contributed by atoms with E-state index in [2.05, 4.69) is 4.72 Å². The molecular weight excluding hydrogens is 280 g/mol. The van der Waals surface area contributed by atoms with Crippen LogP contribution >= 0.6 is 0 Å². The maximum atomic E-state index is 12.2. The van der Waals surface area contributed by atoms with E-state index in [1.165, 1.54) is 12.5 Å². The Hall–Kier alpha value is -1.34. The molecule has 1 amide bonds. The van der Waals surface area contributed by atoms with Gasteiger partial charge < -0.3 is 9.32 Å². The Morgan fingerprint density at radius 3 is 2.85 bits per heavy atom. The summed E-state index contributed by atoms with van der Waals surface area (Å²) < 4.78 is 30.1. The molecule has 20 heavy (non-hydrogen) atoms. The molecule has 1 saturated carbocycles.